The highest BCUT2D eigenvalue weighted by Crippen LogP contribution is 2.17. The van der Waals surface area contributed by atoms with Crippen LogP contribution in [0.25, 0.3) is 5.65 Å². The molecule has 0 saturated carbocycles. The van der Waals surface area contributed by atoms with Crippen LogP contribution in [0.4, 0.5) is 5.69 Å². The molecule has 0 atom stereocenters. The summed E-state index contributed by atoms with van der Waals surface area (Å²) < 4.78 is 1.90. The van der Waals surface area contributed by atoms with E-state index in [1.807, 2.05) is 67.0 Å². The first-order valence-electron chi connectivity index (χ1n) is 6.46. The van der Waals surface area contributed by atoms with Gasteiger partial charge in [-0.05, 0) is 38.1 Å². The topological polar surface area (TPSA) is 46.4 Å². The molecular formula is C16H15N3O. The van der Waals surface area contributed by atoms with Crippen LogP contribution in [0.3, 0.4) is 0 Å². The Balaban J connectivity index is 1.93. The van der Waals surface area contributed by atoms with E-state index in [-0.39, 0.29) is 5.91 Å². The molecule has 3 rings (SSSR count). The molecule has 20 heavy (non-hydrogen) atoms. The summed E-state index contributed by atoms with van der Waals surface area (Å²) in [6, 6.07) is 11.2. The first-order chi connectivity index (χ1) is 9.63. The van der Waals surface area contributed by atoms with Crippen molar-refractivity contribution in [2.45, 2.75) is 13.8 Å². The number of aromatic nitrogens is 2. The van der Waals surface area contributed by atoms with Crippen molar-refractivity contribution in [3.8, 4) is 0 Å². The van der Waals surface area contributed by atoms with E-state index in [4.69, 9.17) is 0 Å². The Morgan fingerprint density at radius 3 is 2.65 bits per heavy atom. The Bertz CT molecular complexity index is 772. The van der Waals surface area contributed by atoms with Crippen molar-refractivity contribution >= 4 is 17.2 Å². The summed E-state index contributed by atoms with van der Waals surface area (Å²) in [5.74, 6) is -0.126. The molecule has 0 aliphatic carbocycles. The fourth-order valence-corrected chi connectivity index (χ4v) is 2.13. The van der Waals surface area contributed by atoms with Crippen LogP contribution in [-0.2, 0) is 0 Å². The first kappa shape index (κ1) is 12.4. The number of amides is 1. The third-order valence-corrected chi connectivity index (χ3v) is 3.17. The molecule has 100 valence electrons. The van der Waals surface area contributed by atoms with Crippen LogP contribution in [0.5, 0.6) is 0 Å². The molecule has 4 nitrogen and oxygen atoms in total. The highest BCUT2D eigenvalue weighted by Gasteiger charge is 2.09. The number of benzene rings is 1. The number of aryl methyl sites for hydroxylation is 2. The quantitative estimate of drug-likeness (QED) is 0.773. The second-order valence-corrected chi connectivity index (χ2v) is 4.86. The smallest absolute Gasteiger partial charge is 0.255 e. The molecule has 0 aliphatic rings. The lowest BCUT2D eigenvalue weighted by atomic mass is 10.1. The molecule has 3 aromatic rings. The van der Waals surface area contributed by atoms with Gasteiger partial charge in [0.25, 0.3) is 5.91 Å². The molecule has 4 heteroatoms. The monoisotopic (exact) mass is 265 g/mol. The average molecular weight is 265 g/mol. The largest absolute Gasteiger partial charge is 0.319 e. The highest BCUT2D eigenvalue weighted by molar-refractivity contribution is 6.05. The van der Waals surface area contributed by atoms with E-state index in [1.165, 1.54) is 0 Å². The number of hydrogen-bond acceptors (Lipinski definition) is 2. The number of rotatable bonds is 2. The molecule has 1 N–H and O–H groups in total. The third kappa shape index (κ3) is 2.28. The zero-order valence-electron chi connectivity index (χ0n) is 11.4. The second kappa shape index (κ2) is 4.81. The molecule has 0 aliphatic heterocycles. The molecular weight excluding hydrogens is 250 g/mol. The zero-order chi connectivity index (χ0) is 14.1. The first-order valence-corrected chi connectivity index (χ1v) is 6.46. The standard InChI is InChI=1S/C16H15N3O/c1-11-5-7-13(8-6-11)16(20)18-14-4-3-9-19-10-12(2)17-15(14)19/h3-10H,1-2H3,(H,18,20). The van der Waals surface area contributed by atoms with Crippen molar-refractivity contribution in [1.29, 1.82) is 0 Å². The summed E-state index contributed by atoms with van der Waals surface area (Å²) in [6.45, 7) is 3.92. The van der Waals surface area contributed by atoms with Crippen LogP contribution >= 0.6 is 0 Å². The fraction of sp³-hybridized carbons (Fsp3) is 0.125. The molecule has 0 spiro atoms. The van der Waals surface area contributed by atoms with Gasteiger partial charge in [-0.15, -0.1) is 0 Å². The average Bonchev–Trinajstić information content (AvgIpc) is 2.81. The molecule has 0 unspecified atom stereocenters. The Hall–Kier alpha value is -2.62. The maximum atomic E-state index is 12.2. The number of carbonyl (C=O) groups excluding carboxylic acids is 1. The van der Waals surface area contributed by atoms with E-state index >= 15 is 0 Å². The van der Waals surface area contributed by atoms with Gasteiger partial charge in [-0.2, -0.15) is 0 Å². The molecule has 1 aromatic carbocycles. The van der Waals surface area contributed by atoms with Crippen LogP contribution in [-0.4, -0.2) is 15.3 Å². The van der Waals surface area contributed by atoms with E-state index in [0.717, 1.165) is 16.9 Å². The number of nitrogens with zero attached hydrogens (tertiary/aromatic N) is 2. The number of pyridine rings is 1. The summed E-state index contributed by atoms with van der Waals surface area (Å²) in [5.41, 5.74) is 4.16. The molecule has 0 fully saturated rings. The number of anilines is 1. The molecule has 0 bridgehead atoms. The van der Waals surface area contributed by atoms with Crippen molar-refractivity contribution in [3.05, 3.63) is 65.6 Å². The summed E-state index contributed by atoms with van der Waals surface area (Å²) in [6.07, 6.45) is 3.84. The van der Waals surface area contributed by atoms with Gasteiger partial charge < -0.3 is 9.72 Å². The van der Waals surface area contributed by atoms with Crippen molar-refractivity contribution in [2.24, 2.45) is 0 Å². The summed E-state index contributed by atoms with van der Waals surface area (Å²) in [4.78, 5) is 16.6. The predicted octanol–water partition coefficient (Wildman–Crippen LogP) is 3.20. The predicted molar refractivity (Wildman–Crippen MR) is 79.1 cm³/mol. The number of imidazole rings is 1. The number of nitrogens with one attached hydrogen (secondary N) is 1. The van der Waals surface area contributed by atoms with E-state index in [1.54, 1.807) is 0 Å². The van der Waals surface area contributed by atoms with Crippen molar-refractivity contribution in [1.82, 2.24) is 9.38 Å². The maximum absolute atomic E-state index is 12.2. The molecule has 1 amide bonds. The van der Waals surface area contributed by atoms with Gasteiger partial charge in [0.2, 0.25) is 0 Å². The van der Waals surface area contributed by atoms with Crippen LogP contribution < -0.4 is 5.32 Å². The van der Waals surface area contributed by atoms with Crippen LogP contribution in [0.1, 0.15) is 21.6 Å². The second-order valence-electron chi connectivity index (χ2n) is 4.86. The van der Waals surface area contributed by atoms with E-state index in [0.29, 0.717) is 11.3 Å². The minimum atomic E-state index is -0.126. The van der Waals surface area contributed by atoms with Crippen molar-refractivity contribution in [2.75, 3.05) is 5.32 Å². The lowest BCUT2D eigenvalue weighted by Gasteiger charge is -2.06. The van der Waals surface area contributed by atoms with Gasteiger partial charge in [0.05, 0.1) is 11.4 Å². The third-order valence-electron chi connectivity index (χ3n) is 3.17. The summed E-state index contributed by atoms with van der Waals surface area (Å²) in [7, 11) is 0. The maximum Gasteiger partial charge on any atom is 0.255 e. The lowest BCUT2D eigenvalue weighted by Crippen LogP contribution is -2.12. The van der Waals surface area contributed by atoms with Crippen molar-refractivity contribution < 1.29 is 4.79 Å². The molecule has 2 aromatic heterocycles. The van der Waals surface area contributed by atoms with Gasteiger partial charge in [-0.1, -0.05) is 17.7 Å². The minimum Gasteiger partial charge on any atom is -0.319 e. The number of carbonyl (C=O) groups is 1. The fourth-order valence-electron chi connectivity index (χ4n) is 2.13. The van der Waals surface area contributed by atoms with Gasteiger partial charge in [0.1, 0.15) is 0 Å². The van der Waals surface area contributed by atoms with Gasteiger partial charge in [0.15, 0.2) is 5.65 Å². The van der Waals surface area contributed by atoms with Crippen LogP contribution in [0.15, 0.2) is 48.8 Å². The van der Waals surface area contributed by atoms with E-state index in [9.17, 15) is 4.79 Å². The normalized spacial score (nSPS) is 10.7. The Morgan fingerprint density at radius 1 is 1.15 bits per heavy atom. The van der Waals surface area contributed by atoms with Crippen LogP contribution in [0, 0.1) is 13.8 Å². The minimum absolute atomic E-state index is 0.126. The van der Waals surface area contributed by atoms with E-state index < -0.39 is 0 Å². The summed E-state index contributed by atoms with van der Waals surface area (Å²) >= 11 is 0. The van der Waals surface area contributed by atoms with E-state index in [2.05, 4.69) is 10.3 Å². The number of fused-ring (bicyclic) bond motifs is 1. The molecule has 0 saturated heterocycles. The Kier molecular flexibility index (Phi) is 2.99. The zero-order valence-corrected chi connectivity index (χ0v) is 11.4. The van der Waals surface area contributed by atoms with Gasteiger partial charge in [-0.25, -0.2) is 4.98 Å². The molecule has 0 radical (unpaired) electrons. The lowest BCUT2D eigenvalue weighted by molar-refractivity contribution is 0.102. The van der Waals surface area contributed by atoms with Gasteiger partial charge in [0, 0.05) is 18.0 Å². The summed E-state index contributed by atoms with van der Waals surface area (Å²) in [5, 5.41) is 2.91. The highest BCUT2D eigenvalue weighted by atomic mass is 16.1. The van der Waals surface area contributed by atoms with Crippen molar-refractivity contribution in [3.63, 3.8) is 0 Å². The molecule has 2 heterocycles. The van der Waals surface area contributed by atoms with Gasteiger partial charge >= 0.3 is 0 Å². The SMILES string of the molecule is Cc1ccc(C(=O)Nc2cccn3cc(C)nc23)cc1. The Morgan fingerprint density at radius 2 is 1.90 bits per heavy atom. The number of hydrogen-bond donors (Lipinski definition) is 1. The Labute approximate surface area is 117 Å². The van der Waals surface area contributed by atoms with Crippen LogP contribution in [0.2, 0.25) is 0 Å². The van der Waals surface area contributed by atoms with Gasteiger partial charge in [-0.3, -0.25) is 4.79 Å².